The van der Waals surface area contributed by atoms with E-state index in [0.29, 0.717) is 6.61 Å². The summed E-state index contributed by atoms with van der Waals surface area (Å²) in [5, 5.41) is 0. The molecule has 5 heteroatoms. The van der Waals surface area contributed by atoms with E-state index >= 15 is 0 Å². The van der Waals surface area contributed by atoms with E-state index in [1.165, 1.54) is 12.3 Å². The summed E-state index contributed by atoms with van der Waals surface area (Å²) in [5.41, 5.74) is 0. The molecular weight excluding hydrogens is 192 g/mol. The molecule has 0 bridgehead atoms. The normalized spacial score (nSPS) is 11.4. The molecule has 0 aromatic heterocycles. The van der Waals surface area contributed by atoms with Gasteiger partial charge in [0.15, 0.2) is 0 Å². The highest BCUT2D eigenvalue weighted by Crippen LogP contribution is 1.92. The summed E-state index contributed by atoms with van der Waals surface area (Å²) >= 11 is 0. The lowest BCUT2D eigenvalue weighted by atomic mass is 10.7. The van der Waals surface area contributed by atoms with Gasteiger partial charge in [-0.15, -0.1) is 6.42 Å². The van der Waals surface area contributed by atoms with Crippen molar-refractivity contribution in [2.75, 3.05) is 19.0 Å². The molecule has 0 spiro atoms. The Balaban J connectivity index is 3.71. The van der Waals surface area contributed by atoms with E-state index in [0.717, 1.165) is 0 Å². The maximum Gasteiger partial charge on any atom is 0.279 e. The number of hydrogen-bond acceptors (Lipinski definition) is 4. The van der Waals surface area contributed by atoms with Crippen molar-refractivity contribution in [3.8, 4) is 12.3 Å². The molecule has 0 atom stereocenters. The molecule has 13 heavy (non-hydrogen) atoms. The van der Waals surface area contributed by atoms with Gasteiger partial charge in [0.05, 0.1) is 19.5 Å². The lowest BCUT2D eigenvalue weighted by molar-refractivity contribution is 0.264. The lowest BCUT2D eigenvalue weighted by Gasteiger charge is -1.98. The van der Waals surface area contributed by atoms with Gasteiger partial charge >= 0.3 is 0 Å². The van der Waals surface area contributed by atoms with Crippen LogP contribution in [0.5, 0.6) is 0 Å². The lowest BCUT2D eigenvalue weighted by Crippen LogP contribution is -2.09. The molecule has 0 heterocycles. The molecule has 0 aliphatic heterocycles. The summed E-state index contributed by atoms with van der Waals surface area (Å²) < 4.78 is 30.9. The molecular formula is C8H12O4S. The third kappa shape index (κ3) is 7.37. The zero-order chi connectivity index (χ0) is 10.2. The van der Waals surface area contributed by atoms with Gasteiger partial charge < -0.3 is 4.74 Å². The van der Waals surface area contributed by atoms with Gasteiger partial charge in [-0.3, -0.25) is 4.18 Å². The molecule has 0 fully saturated rings. The van der Waals surface area contributed by atoms with Gasteiger partial charge in [-0.25, -0.2) is 0 Å². The van der Waals surface area contributed by atoms with Crippen molar-refractivity contribution in [1.82, 2.24) is 0 Å². The average molecular weight is 204 g/mol. The van der Waals surface area contributed by atoms with Crippen molar-refractivity contribution in [2.45, 2.75) is 6.92 Å². The van der Waals surface area contributed by atoms with Gasteiger partial charge in [0.1, 0.15) is 5.75 Å². The van der Waals surface area contributed by atoms with Gasteiger partial charge in [0.25, 0.3) is 10.1 Å². The predicted molar refractivity (Wildman–Crippen MR) is 49.3 cm³/mol. The highest BCUT2D eigenvalue weighted by molar-refractivity contribution is 7.86. The molecule has 4 nitrogen and oxygen atoms in total. The Bertz CT molecular complexity index is 284. The number of terminal acetylenes is 1. The molecule has 0 radical (unpaired) electrons. The minimum atomic E-state index is -3.56. The molecule has 0 unspecified atom stereocenters. The van der Waals surface area contributed by atoms with E-state index in [1.54, 1.807) is 0 Å². The number of rotatable bonds is 6. The van der Waals surface area contributed by atoms with Gasteiger partial charge in [0, 0.05) is 0 Å². The van der Waals surface area contributed by atoms with Crippen LogP contribution in [0.2, 0.25) is 0 Å². The largest absolute Gasteiger partial charge is 0.502 e. The van der Waals surface area contributed by atoms with Crippen LogP contribution < -0.4 is 0 Å². The third-order valence-corrected chi connectivity index (χ3v) is 1.98. The third-order valence-electron chi connectivity index (χ3n) is 0.963. The van der Waals surface area contributed by atoms with Crippen LogP contribution in [0, 0.1) is 12.3 Å². The Morgan fingerprint density at radius 3 is 2.77 bits per heavy atom. The van der Waals surface area contributed by atoms with Crippen LogP contribution in [0.1, 0.15) is 6.92 Å². The molecule has 0 saturated heterocycles. The zero-order valence-corrected chi connectivity index (χ0v) is 8.21. The number of hydrogen-bond donors (Lipinski definition) is 0. The fourth-order valence-electron chi connectivity index (χ4n) is 0.490. The van der Waals surface area contributed by atoms with E-state index in [2.05, 4.69) is 4.18 Å². The minimum absolute atomic E-state index is 0.0516. The Morgan fingerprint density at radius 1 is 1.54 bits per heavy atom. The van der Waals surface area contributed by atoms with E-state index in [1.807, 2.05) is 12.8 Å². The van der Waals surface area contributed by atoms with Crippen LogP contribution in [-0.2, 0) is 19.0 Å². The summed E-state index contributed by atoms with van der Waals surface area (Å²) in [7, 11) is -3.56. The van der Waals surface area contributed by atoms with E-state index in [4.69, 9.17) is 11.2 Å². The van der Waals surface area contributed by atoms with Crippen LogP contribution in [-0.4, -0.2) is 27.4 Å². The average Bonchev–Trinajstić information content (AvgIpc) is 2.04. The summed E-state index contributed by atoms with van der Waals surface area (Å²) in [6, 6.07) is 0. The smallest absolute Gasteiger partial charge is 0.279 e. The SMILES string of the molecule is C#CCS(=O)(=O)OCC=COCC. The zero-order valence-electron chi connectivity index (χ0n) is 7.39. The Kier molecular flexibility index (Phi) is 6.02. The van der Waals surface area contributed by atoms with E-state index in [-0.39, 0.29) is 6.61 Å². The van der Waals surface area contributed by atoms with E-state index in [9.17, 15) is 8.42 Å². The fourth-order valence-corrected chi connectivity index (χ4v) is 1.06. The molecule has 0 aromatic carbocycles. The summed E-state index contributed by atoms with van der Waals surface area (Å²) in [5.74, 6) is 1.58. The monoisotopic (exact) mass is 204 g/mol. The highest BCUT2D eigenvalue weighted by Gasteiger charge is 2.06. The van der Waals surface area contributed by atoms with Crippen molar-refractivity contribution in [1.29, 1.82) is 0 Å². The van der Waals surface area contributed by atoms with Crippen LogP contribution in [0.3, 0.4) is 0 Å². The Labute approximate surface area is 78.7 Å². The molecule has 0 saturated carbocycles. The topological polar surface area (TPSA) is 52.6 Å². The van der Waals surface area contributed by atoms with E-state index < -0.39 is 15.9 Å². The Morgan fingerprint density at radius 2 is 2.23 bits per heavy atom. The first-order valence-corrected chi connectivity index (χ1v) is 5.27. The molecule has 0 N–H and O–H groups in total. The summed E-state index contributed by atoms with van der Waals surface area (Å²) in [4.78, 5) is 0. The van der Waals surface area contributed by atoms with Gasteiger partial charge in [-0.1, -0.05) is 5.92 Å². The first kappa shape index (κ1) is 12.0. The minimum Gasteiger partial charge on any atom is -0.502 e. The van der Waals surface area contributed by atoms with Crippen LogP contribution in [0.15, 0.2) is 12.3 Å². The molecule has 0 aromatic rings. The van der Waals surface area contributed by atoms with Crippen molar-refractivity contribution in [2.24, 2.45) is 0 Å². The van der Waals surface area contributed by atoms with Crippen molar-refractivity contribution in [3.05, 3.63) is 12.3 Å². The fraction of sp³-hybridized carbons (Fsp3) is 0.500. The van der Waals surface area contributed by atoms with Crippen LogP contribution in [0.4, 0.5) is 0 Å². The highest BCUT2D eigenvalue weighted by atomic mass is 32.2. The standard InChI is InChI=1S/C8H12O4S/c1-3-8-13(9,10)12-7-5-6-11-4-2/h1,5-6H,4,7-8H2,2H3. The van der Waals surface area contributed by atoms with Crippen LogP contribution in [0.25, 0.3) is 0 Å². The quantitative estimate of drug-likeness (QED) is 0.359. The maximum absolute atomic E-state index is 10.8. The maximum atomic E-state index is 10.8. The number of ether oxygens (including phenoxy) is 1. The van der Waals surface area contributed by atoms with Crippen molar-refractivity contribution in [3.63, 3.8) is 0 Å². The second kappa shape index (κ2) is 6.52. The van der Waals surface area contributed by atoms with Crippen LogP contribution >= 0.6 is 0 Å². The summed E-state index contributed by atoms with van der Waals surface area (Å²) in [6.07, 6.45) is 7.65. The summed E-state index contributed by atoms with van der Waals surface area (Å²) in [6.45, 7) is 2.30. The Hall–Kier alpha value is -0.990. The first-order chi connectivity index (χ1) is 6.12. The molecule has 74 valence electrons. The first-order valence-electron chi connectivity index (χ1n) is 3.69. The van der Waals surface area contributed by atoms with Gasteiger partial charge in [-0.2, -0.15) is 8.42 Å². The van der Waals surface area contributed by atoms with Crippen molar-refractivity contribution < 1.29 is 17.3 Å². The van der Waals surface area contributed by atoms with Crippen molar-refractivity contribution >= 4 is 10.1 Å². The second-order valence-corrected chi connectivity index (χ2v) is 3.66. The molecule has 0 rings (SSSR count). The molecule has 0 aliphatic carbocycles. The van der Waals surface area contributed by atoms with Gasteiger partial charge in [0.2, 0.25) is 0 Å². The predicted octanol–water partition coefficient (Wildman–Crippen LogP) is 0.516. The molecule has 0 aliphatic rings. The molecule has 0 amide bonds. The van der Waals surface area contributed by atoms with Gasteiger partial charge in [-0.05, 0) is 13.0 Å². The second-order valence-electron chi connectivity index (χ2n) is 2.02.